The first kappa shape index (κ1) is 23.8. The zero-order chi connectivity index (χ0) is 22.6. The average Bonchev–Trinajstić information content (AvgIpc) is 3.51. The number of benzene rings is 1. The van der Waals surface area contributed by atoms with Gasteiger partial charge in [-0.1, -0.05) is 52.9 Å². The molecule has 6 nitrogen and oxygen atoms in total. The predicted octanol–water partition coefficient (Wildman–Crippen LogP) is 4.31. The Morgan fingerprint density at radius 2 is 1.61 bits per heavy atom. The molecule has 0 radical (unpaired) electrons. The highest BCUT2D eigenvalue weighted by Crippen LogP contribution is 2.34. The smallest absolute Gasteiger partial charge is 0.246 e. The standard InChI is InChI=1S/C24H36N2O4S/c1-24(2,3)16-31(29,30)20-13-11-19(12-14-20)25-23(28)21(15-17-9-10-17)26-22(27)18-7-5-4-6-8-18/h11-14,17-18,21H,4-10,15-16H2,1-3H3,(H,25,28)(H,26,27)/t21-/m0/s1. The van der Waals surface area contributed by atoms with Crippen LogP contribution in [0.25, 0.3) is 0 Å². The van der Waals surface area contributed by atoms with Crippen LogP contribution >= 0.6 is 0 Å². The molecule has 1 aromatic carbocycles. The molecule has 0 bridgehead atoms. The van der Waals surface area contributed by atoms with Crippen LogP contribution in [0.5, 0.6) is 0 Å². The lowest BCUT2D eigenvalue weighted by Gasteiger charge is -2.24. The molecule has 0 aliphatic heterocycles. The van der Waals surface area contributed by atoms with Gasteiger partial charge in [-0.2, -0.15) is 0 Å². The Morgan fingerprint density at radius 3 is 2.16 bits per heavy atom. The minimum Gasteiger partial charge on any atom is -0.344 e. The van der Waals surface area contributed by atoms with Gasteiger partial charge in [-0.15, -0.1) is 0 Å². The first-order chi connectivity index (χ1) is 14.5. The molecule has 31 heavy (non-hydrogen) atoms. The van der Waals surface area contributed by atoms with Gasteiger partial charge in [0, 0.05) is 11.6 Å². The van der Waals surface area contributed by atoms with E-state index in [0.717, 1.165) is 38.5 Å². The van der Waals surface area contributed by atoms with Crippen LogP contribution in [0.15, 0.2) is 29.2 Å². The third-order valence-corrected chi connectivity index (χ3v) is 8.22. The average molecular weight is 449 g/mol. The first-order valence-electron chi connectivity index (χ1n) is 11.5. The largest absolute Gasteiger partial charge is 0.344 e. The Labute approximate surface area is 186 Å². The Bertz CT molecular complexity index is 877. The Hall–Kier alpha value is -1.89. The predicted molar refractivity (Wildman–Crippen MR) is 122 cm³/mol. The Kier molecular flexibility index (Phi) is 7.45. The van der Waals surface area contributed by atoms with E-state index in [1.165, 1.54) is 18.6 Å². The van der Waals surface area contributed by atoms with Crippen molar-refractivity contribution in [1.29, 1.82) is 0 Å². The Balaban J connectivity index is 1.63. The first-order valence-corrected chi connectivity index (χ1v) is 13.1. The fourth-order valence-corrected chi connectivity index (χ4v) is 6.06. The molecule has 2 amide bonds. The third kappa shape index (κ3) is 7.34. The summed E-state index contributed by atoms with van der Waals surface area (Å²) in [5.41, 5.74) is 0.200. The van der Waals surface area contributed by atoms with Gasteiger partial charge in [0.05, 0.1) is 10.6 Å². The van der Waals surface area contributed by atoms with Crippen molar-refractivity contribution in [1.82, 2.24) is 5.32 Å². The van der Waals surface area contributed by atoms with E-state index in [1.54, 1.807) is 12.1 Å². The van der Waals surface area contributed by atoms with Gasteiger partial charge >= 0.3 is 0 Å². The van der Waals surface area contributed by atoms with E-state index in [4.69, 9.17) is 0 Å². The molecule has 2 N–H and O–H groups in total. The third-order valence-electron chi connectivity index (χ3n) is 5.98. The number of hydrogen-bond donors (Lipinski definition) is 2. The van der Waals surface area contributed by atoms with Crippen LogP contribution in [0.3, 0.4) is 0 Å². The van der Waals surface area contributed by atoms with Gasteiger partial charge < -0.3 is 10.6 Å². The fraction of sp³-hybridized carbons (Fsp3) is 0.667. The summed E-state index contributed by atoms with van der Waals surface area (Å²) < 4.78 is 25.1. The summed E-state index contributed by atoms with van der Waals surface area (Å²) in [7, 11) is -3.39. The fourth-order valence-electron chi connectivity index (χ4n) is 4.20. The number of nitrogens with one attached hydrogen (secondary N) is 2. The number of amides is 2. The van der Waals surface area contributed by atoms with Crippen molar-refractivity contribution in [3.8, 4) is 0 Å². The molecule has 0 heterocycles. The Morgan fingerprint density at radius 1 is 1.00 bits per heavy atom. The highest BCUT2D eigenvalue weighted by molar-refractivity contribution is 7.91. The summed E-state index contributed by atoms with van der Waals surface area (Å²) in [4.78, 5) is 25.8. The van der Waals surface area contributed by atoms with E-state index >= 15 is 0 Å². The monoisotopic (exact) mass is 448 g/mol. The van der Waals surface area contributed by atoms with E-state index < -0.39 is 15.9 Å². The summed E-state index contributed by atoms with van der Waals surface area (Å²) in [6.45, 7) is 5.67. The summed E-state index contributed by atoms with van der Waals surface area (Å²) in [6, 6.07) is 5.75. The van der Waals surface area contributed by atoms with Crippen LogP contribution in [0.2, 0.25) is 0 Å². The molecule has 0 unspecified atom stereocenters. The van der Waals surface area contributed by atoms with Crippen molar-refractivity contribution in [2.45, 2.75) is 83.1 Å². The van der Waals surface area contributed by atoms with E-state index in [0.29, 0.717) is 18.0 Å². The molecule has 0 saturated heterocycles. The van der Waals surface area contributed by atoms with Crippen LogP contribution in [0.1, 0.15) is 72.1 Å². The number of rotatable bonds is 8. The summed E-state index contributed by atoms with van der Waals surface area (Å²) in [6.07, 6.45) is 7.97. The molecule has 7 heteroatoms. The van der Waals surface area contributed by atoms with Crippen LogP contribution in [0.4, 0.5) is 5.69 Å². The van der Waals surface area contributed by atoms with Gasteiger partial charge in [0.1, 0.15) is 6.04 Å². The number of carbonyl (C=O) groups excluding carboxylic acids is 2. The van der Waals surface area contributed by atoms with Crippen molar-refractivity contribution in [2.75, 3.05) is 11.1 Å². The summed E-state index contributed by atoms with van der Waals surface area (Å²) in [5.74, 6) is 0.316. The minimum atomic E-state index is -3.39. The molecule has 2 fully saturated rings. The molecule has 3 rings (SSSR count). The van der Waals surface area contributed by atoms with Crippen molar-refractivity contribution < 1.29 is 18.0 Å². The van der Waals surface area contributed by atoms with Crippen molar-refractivity contribution >= 4 is 27.3 Å². The maximum absolute atomic E-state index is 12.9. The number of anilines is 1. The van der Waals surface area contributed by atoms with E-state index in [2.05, 4.69) is 10.6 Å². The lowest BCUT2D eigenvalue weighted by Crippen LogP contribution is -2.46. The highest BCUT2D eigenvalue weighted by atomic mass is 32.2. The lowest BCUT2D eigenvalue weighted by atomic mass is 9.88. The molecule has 0 aromatic heterocycles. The number of carbonyl (C=O) groups is 2. The van der Waals surface area contributed by atoms with Crippen LogP contribution < -0.4 is 10.6 Å². The van der Waals surface area contributed by atoms with Crippen molar-refractivity contribution in [3.05, 3.63) is 24.3 Å². The number of sulfone groups is 1. The molecule has 2 aliphatic carbocycles. The topological polar surface area (TPSA) is 92.3 Å². The highest BCUT2D eigenvalue weighted by Gasteiger charge is 2.32. The van der Waals surface area contributed by atoms with Crippen LogP contribution in [-0.2, 0) is 19.4 Å². The van der Waals surface area contributed by atoms with E-state index in [-0.39, 0.29) is 33.8 Å². The van der Waals surface area contributed by atoms with Crippen molar-refractivity contribution in [2.24, 2.45) is 17.3 Å². The van der Waals surface area contributed by atoms with Gasteiger partial charge in [-0.25, -0.2) is 8.42 Å². The molecule has 0 spiro atoms. The van der Waals surface area contributed by atoms with Crippen molar-refractivity contribution in [3.63, 3.8) is 0 Å². The number of hydrogen-bond acceptors (Lipinski definition) is 4. The minimum absolute atomic E-state index is 0.00978. The lowest BCUT2D eigenvalue weighted by molar-refractivity contribution is -0.130. The van der Waals surface area contributed by atoms with E-state index in [9.17, 15) is 18.0 Å². The van der Waals surface area contributed by atoms with Crippen LogP contribution in [0, 0.1) is 17.3 Å². The zero-order valence-electron chi connectivity index (χ0n) is 18.9. The normalized spacial score (nSPS) is 18.9. The molecule has 2 saturated carbocycles. The molecule has 1 aromatic rings. The van der Waals surface area contributed by atoms with Gasteiger partial charge in [0.15, 0.2) is 9.84 Å². The zero-order valence-corrected chi connectivity index (χ0v) is 19.8. The van der Waals surface area contributed by atoms with Gasteiger partial charge in [0.2, 0.25) is 11.8 Å². The quantitative estimate of drug-likeness (QED) is 0.620. The molecule has 172 valence electrons. The van der Waals surface area contributed by atoms with Gasteiger partial charge in [0.25, 0.3) is 0 Å². The summed E-state index contributed by atoms with van der Waals surface area (Å²) >= 11 is 0. The second kappa shape index (κ2) is 9.72. The van der Waals surface area contributed by atoms with E-state index in [1.807, 2.05) is 20.8 Å². The second-order valence-corrected chi connectivity index (χ2v) is 12.4. The molecule has 1 atom stereocenters. The summed E-state index contributed by atoms with van der Waals surface area (Å²) in [5, 5.41) is 5.85. The maximum Gasteiger partial charge on any atom is 0.246 e. The SMILES string of the molecule is CC(C)(C)CS(=O)(=O)c1ccc(NC(=O)[C@H](CC2CC2)NC(=O)C2CCCCC2)cc1. The molecule has 2 aliphatic rings. The molecular formula is C24H36N2O4S. The van der Waals surface area contributed by atoms with Gasteiger partial charge in [-0.05, 0) is 54.9 Å². The maximum atomic E-state index is 12.9. The van der Waals surface area contributed by atoms with Gasteiger partial charge in [-0.3, -0.25) is 9.59 Å². The van der Waals surface area contributed by atoms with Crippen LogP contribution in [-0.4, -0.2) is 32.0 Å². The second-order valence-electron chi connectivity index (χ2n) is 10.4. The molecular weight excluding hydrogens is 412 g/mol.